The first-order valence-electron chi connectivity index (χ1n) is 8.79. The summed E-state index contributed by atoms with van der Waals surface area (Å²) >= 11 is 0. The lowest BCUT2D eigenvalue weighted by molar-refractivity contribution is -0.128. The Hall–Kier alpha value is -2.57. The van der Waals surface area contributed by atoms with Crippen LogP contribution < -0.4 is 11.1 Å². The van der Waals surface area contributed by atoms with Crippen molar-refractivity contribution >= 4 is 23.6 Å². The van der Waals surface area contributed by atoms with E-state index in [2.05, 4.69) is 5.32 Å². The van der Waals surface area contributed by atoms with Crippen molar-refractivity contribution in [1.29, 1.82) is 0 Å². The van der Waals surface area contributed by atoms with Gasteiger partial charge in [0.25, 0.3) is 0 Å². The lowest BCUT2D eigenvalue weighted by Gasteiger charge is -2.37. The summed E-state index contributed by atoms with van der Waals surface area (Å²) in [7, 11) is 1.59. The maximum absolute atomic E-state index is 12.6. The third kappa shape index (κ3) is 4.53. The monoisotopic (exact) mass is 360 g/mol. The average molecular weight is 360 g/mol. The van der Waals surface area contributed by atoms with Gasteiger partial charge in [-0.05, 0) is 44.9 Å². The maximum Gasteiger partial charge on any atom is 0.414 e. The Labute approximate surface area is 154 Å². The van der Waals surface area contributed by atoms with Crippen molar-refractivity contribution in [3.63, 3.8) is 0 Å². The highest BCUT2D eigenvalue weighted by molar-refractivity contribution is 6.05. The van der Waals surface area contributed by atoms with Crippen LogP contribution in [0.1, 0.15) is 52.5 Å². The van der Waals surface area contributed by atoms with Gasteiger partial charge in [-0.25, -0.2) is 9.79 Å². The molecule has 7 nitrogen and oxygen atoms in total. The molecule has 1 aliphatic rings. The SMILES string of the molecule is CCCC1(c2cccc(N)c2)CC(=O)N(C)C(NC(=O)OC(C)(C)C)=N1. The van der Waals surface area contributed by atoms with Crippen molar-refractivity contribution in [3.8, 4) is 0 Å². The van der Waals surface area contributed by atoms with Crippen LogP contribution in [0.5, 0.6) is 0 Å². The van der Waals surface area contributed by atoms with Gasteiger partial charge < -0.3 is 10.5 Å². The summed E-state index contributed by atoms with van der Waals surface area (Å²) in [6.07, 6.45) is 1.07. The molecule has 7 heteroatoms. The van der Waals surface area contributed by atoms with E-state index in [-0.39, 0.29) is 18.3 Å². The molecule has 0 saturated carbocycles. The minimum Gasteiger partial charge on any atom is -0.444 e. The van der Waals surface area contributed by atoms with Gasteiger partial charge in [-0.15, -0.1) is 0 Å². The summed E-state index contributed by atoms with van der Waals surface area (Å²) in [5.41, 5.74) is 6.02. The fraction of sp³-hybridized carbons (Fsp3) is 0.526. The molecule has 0 spiro atoms. The first-order chi connectivity index (χ1) is 12.1. The number of ether oxygens (including phenoxy) is 1. The second-order valence-electron chi connectivity index (χ2n) is 7.60. The second kappa shape index (κ2) is 7.35. The van der Waals surface area contributed by atoms with Gasteiger partial charge in [-0.3, -0.25) is 15.0 Å². The number of nitrogen functional groups attached to an aromatic ring is 1. The van der Waals surface area contributed by atoms with Crippen LogP contribution >= 0.6 is 0 Å². The number of hydrogen-bond acceptors (Lipinski definition) is 5. The largest absolute Gasteiger partial charge is 0.444 e. The van der Waals surface area contributed by atoms with Crippen LogP contribution in [-0.2, 0) is 15.1 Å². The van der Waals surface area contributed by atoms with E-state index in [9.17, 15) is 9.59 Å². The third-order valence-corrected chi connectivity index (χ3v) is 4.16. The normalized spacial score (nSPS) is 20.6. The highest BCUT2D eigenvalue weighted by Gasteiger charge is 2.40. The molecular weight excluding hydrogens is 332 g/mol. The fourth-order valence-electron chi connectivity index (χ4n) is 3.01. The number of hydrogen-bond donors (Lipinski definition) is 2. The van der Waals surface area contributed by atoms with Gasteiger partial charge in [0.05, 0.1) is 12.0 Å². The van der Waals surface area contributed by atoms with Crippen LogP contribution in [0.2, 0.25) is 0 Å². The lowest BCUT2D eigenvalue weighted by atomic mass is 9.81. The van der Waals surface area contributed by atoms with Crippen molar-refractivity contribution in [1.82, 2.24) is 10.2 Å². The molecule has 1 aliphatic heterocycles. The molecule has 0 bridgehead atoms. The summed E-state index contributed by atoms with van der Waals surface area (Å²) in [6.45, 7) is 7.36. The Bertz CT molecular complexity index is 724. The molecule has 3 N–H and O–H groups in total. The Morgan fingerprint density at radius 1 is 1.42 bits per heavy atom. The Morgan fingerprint density at radius 3 is 2.69 bits per heavy atom. The van der Waals surface area contributed by atoms with E-state index in [0.29, 0.717) is 12.1 Å². The molecule has 2 amide bonds. The van der Waals surface area contributed by atoms with Gasteiger partial charge in [-0.1, -0.05) is 25.5 Å². The molecule has 1 heterocycles. The lowest BCUT2D eigenvalue weighted by Crippen LogP contribution is -2.52. The van der Waals surface area contributed by atoms with E-state index in [1.807, 2.05) is 25.1 Å². The second-order valence-corrected chi connectivity index (χ2v) is 7.60. The molecule has 0 aliphatic carbocycles. The number of benzene rings is 1. The fourth-order valence-corrected chi connectivity index (χ4v) is 3.01. The van der Waals surface area contributed by atoms with Crippen molar-refractivity contribution in [2.45, 2.75) is 58.1 Å². The zero-order chi connectivity index (χ0) is 19.5. The van der Waals surface area contributed by atoms with Crippen LogP contribution in [0.25, 0.3) is 0 Å². The highest BCUT2D eigenvalue weighted by atomic mass is 16.6. The first kappa shape index (κ1) is 19.8. The first-order valence-corrected chi connectivity index (χ1v) is 8.79. The van der Waals surface area contributed by atoms with Crippen LogP contribution in [0.3, 0.4) is 0 Å². The Morgan fingerprint density at radius 2 is 2.12 bits per heavy atom. The molecule has 0 saturated heterocycles. The van der Waals surface area contributed by atoms with E-state index in [4.69, 9.17) is 15.5 Å². The van der Waals surface area contributed by atoms with Crippen molar-refractivity contribution in [2.75, 3.05) is 12.8 Å². The zero-order valence-corrected chi connectivity index (χ0v) is 16.1. The number of rotatable bonds is 3. The molecule has 26 heavy (non-hydrogen) atoms. The van der Waals surface area contributed by atoms with Crippen LogP contribution in [0.4, 0.5) is 10.5 Å². The molecule has 0 aromatic heterocycles. The van der Waals surface area contributed by atoms with Crippen molar-refractivity contribution < 1.29 is 14.3 Å². The van der Waals surface area contributed by atoms with Crippen LogP contribution in [0.15, 0.2) is 29.3 Å². The molecule has 0 radical (unpaired) electrons. The third-order valence-electron chi connectivity index (χ3n) is 4.16. The topological polar surface area (TPSA) is 97.0 Å². The molecule has 142 valence electrons. The number of carbonyl (C=O) groups excluding carboxylic acids is 2. The van der Waals surface area contributed by atoms with Gasteiger partial charge >= 0.3 is 6.09 Å². The number of anilines is 1. The summed E-state index contributed by atoms with van der Waals surface area (Å²) < 4.78 is 5.29. The van der Waals surface area contributed by atoms with Gasteiger partial charge in [0.2, 0.25) is 11.9 Å². The predicted molar refractivity (Wildman–Crippen MR) is 102 cm³/mol. The molecule has 0 fully saturated rings. The Kier molecular flexibility index (Phi) is 5.59. The van der Waals surface area contributed by atoms with E-state index >= 15 is 0 Å². The van der Waals surface area contributed by atoms with Gasteiger partial charge in [0, 0.05) is 12.7 Å². The van der Waals surface area contributed by atoms with E-state index in [0.717, 1.165) is 12.0 Å². The van der Waals surface area contributed by atoms with Gasteiger partial charge in [-0.2, -0.15) is 0 Å². The number of aliphatic imine (C=N–C) groups is 1. The molecule has 1 atom stereocenters. The highest BCUT2D eigenvalue weighted by Crippen LogP contribution is 2.38. The standard InChI is InChI=1S/C19H28N4O3/c1-6-10-19(13-8-7-9-14(20)11-13)12-15(24)23(5)16(22-19)21-17(25)26-18(2,3)4/h7-9,11H,6,10,12,20H2,1-5H3,(H,21,22,25). The molecule has 1 aromatic rings. The maximum atomic E-state index is 12.6. The summed E-state index contributed by atoms with van der Waals surface area (Å²) in [4.78, 5) is 30.9. The molecule has 1 unspecified atom stereocenters. The van der Waals surface area contributed by atoms with E-state index < -0.39 is 17.2 Å². The quantitative estimate of drug-likeness (QED) is 0.810. The zero-order valence-electron chi connectivity index (χ0n) is 16.1. The van der Waals surface area contributed by atoms with Crippen molar-refractivity contribution in [3.05, 3.63) is 29.8 Å². The number of nitrogens with zero attached hydrogens (tertiary/aromatic N) is 2. The minimum atomic E-state index is -0.752. The summed E-state index contributed by atoms with van der Waals surface area (Å²) in [5, 5.41) is 2.62. The van der Waals surface area contributed by atoms with Gasteiger partial charge in [0.15, 0.2) is 0 Å². The average Bonchev–Trinajstić information content (AvgIpc) is 2.50. The number of carbonyl (C=O) groups is 2. The van der Waals surface area contributed by atoms with Crippen LogP contribution in [0, 0.1) is 0 Å². The number of guanidine groups is 1. The molecule has 1 aromatic carbocycles. The summed E-state index contributed by atoms with van der Waals surface area (Å²) in [5.74, 6) is 0.0632. The Balaban J connectivity index is 2.43. The number of nitrogens with two attached hydrogens (primary N) is 1. The predicted octanol–water partition coefficient (Wildman–Crippen LogP) is 3.01. The van der Waals surface area contributed by atoms with E-state index in [1.165, 1.54) is 4.90 Å². The van der Waals surface area contributed by atoms with E-state index in [1.54, 1.807) is 33.9 Å². The van der Waals surface area contributed by atoms with Crippen LogP contribution in [-0.4, -0.2) is 35.5 Å². The smallest absolute Gasteiger partial charge is 0.414 e. The number of nitrogens with one attached hydrogen (secondary N) is 1. The summed E-state index contributed by atoms with van der Waals surface area (Å²) in [6, 6.07) is 7.40. The number of amides is 2. The van der Waals surface area contributed by atoms with Crippen molar-refractivity contribution in [2.24, 2.45) is 4.99 Å². The minimum absolute atomic E-state index is 0.123. The molecule has 2 rings (SSSR count). The number of alkyl carbamates (subject to hydrolysis) is 1. The van der Waals surface area contributed by atoms with Gasteiger partial charge in [0.1, 0.15) is 5.60 Å². The molecular formula is C19H28N4O3.